The van der Waals surface area contributed by atoms with E-state index >= 15 is 0 Å². The summed E-state index contributed by atoms with van der Waals surface area (Å²) in [6, 6.07) is 14.2. The fourth-order valence-electron chi connectivity index (χ4n) is 3.22. The van der Waals surface area contributed by atoms with Gasteiger partial charge in [-0.05, 0) is 54.7 Å². The highest BCUT2D eigenvalue weighted by Crippen LogP contribution is 2.26. The smallest absolute Gasteiger partial charge is 0.260 e. The van der Waals surface area contributed by atoms with E-state index in [1.807, 2.05) is 38.1 Å². The molecule has 0 radical (unpaired) electrons. The number of sulfonamides is 1. The van der Waals surface area contributed by atoms with Crippen molar-refractivity contribution in [2.24, 2.45) is 5.92 Å². The van der Waals surface area contributed by atoms with Crippen LogP contribution >= 0.6 is 0 Å². The molecule has 0 saturated heterocycles. The van der Waals surface area contributed by atoms with Gasteiger partial charge in [0.2, 0.25) is 10.0 Å². The van der Waals surface area contributed by atoms with Gasteiger partial charge >= 0.3 is 0 Å². The fraction of sp³-hybridized carbons (Fsp3) is 0.409. The Hall–Kier alpha value is -2.38. The molecule has 2 aromatic rings. The van der Waals surface area contributed by atoms with Crippen molar-refractivity contribution in [3.8, 4) is 5.75 Å². The van der Waals surface area contributed by atoms with Crippen molar-refractivity contribution in [2.45, 2.75) is 44.7 Å². The topological polar surface area (TPSA) is 75.7 Å². The van der Waals surface area contributed by atoms with Gasteiger partial charge in [-0.2, -0.15) is 4.31 Å². The van der Waals surface area contributed by atoms with Crippen molar-refractivity contribution in [1.82, 2.24) is 9.62 Å². The van der Waals surface area contributed by atoms with Crippen LogP contribution in [-0.2, 0) is 27.8 Å². The molecule has 6 nitrogen and oxygen atoms in total. The molecule has 1 heterocycles. The summed E-state index contributed by atoms with van der Waals surface area (Å²) in [5.41, 5.74) is 2.25. The minimum atomic E-state index is -3.59. The summed E-state index contributed by atoms with van der Waals surface area (Å²) in [6.45, 7) is 7.14. The third kappa shape index (κ3) is 5.16. The van der Waals surface area contributed by atoms with E-state index in [0.29, 0.717) is 37.7 Å². The largest absolute Gasteiger partial charge is 0.481 e. The van der Waals surface area contributed by atoms with Crippen molar-refractivity contribution in [2.75, 3.05) is 13.1 Å². The van der Waals surface area contributed by atoms with Crippen LogP contribution in [0.5, 0.6) is 5.75 Å². The number of rotatable bonds is 7. The van der Waals surface area contributed by atoms with Crippen LogP contribution in [0.15, 0.2) is 53.4 Å². The zero-order chi connectivity index (χ0) is 21.0. The summed E-state index contributed by atoms with van der Waals surface area (Å²) in [4.78, 5) is 12.3. The first-order valence-electron chi connectivity index (χ1n) is 9.88. The zero-order valence-corrected chi connectivity index (χ0v) is 17.9. The van der Waals surface area contributed by atoms with E-state index in [9.17, 15) is 13.2 Å². The average molecular weight is 417 g/mol. The maximum absolute atomic E-state index is 13.0. The van der Waals surface area contributed by atoms with Gasteiger partial charge in [-0.1, -0.05) is 38.1 Å². The highest BCUT2D eigenvalue weighted by atomic mass is 32.2. The van der Waals surface area contributed by atoms with Crippen LogP contribution in [-0.4, -0.2) is 37.8 Å². The van der Waals surface area contributed by atoms with Crippen LogP contribution < -0.4 is 10.1 Å². The molecule has 156 valence electrons. The predicted octanol–water partition coefficient (Wildman–Crippen LogP) is 2.97. The van der Waals surface area contributed by atoms with E-state index in [1.54, 1.807) is 19.1 Å². The molecule has 0 fully saturated rings. The van der Waals surface area contributed by atoms with Gasteiger partial charge in [-0.25, -0.2) is 8.42 Å². The molecule has 1 N–H and O–H groups in total. The molecule has 0 saturated carbocycles. The number of ether oxygens (including phenoxy) is 1. The van der Waals surface area contributed by atoms with Gasteiger partial charge in [-0.3, -0.25) is 4.79 Å². The SMILES string of the molecule is CC(C)CNC(=O)[C@H](C)Oc1ccc(S(=O)(=O)N2CCc3ccccc3C2)cc1. The second-order valence-corrected chi connectivity index (χ2v) is 9.67. The fourth-order valence-corrected chi connectivity index (χ4v) is 4.64. The molecule has 0 unspecified atom stereocenters. The molecule has 0 aromatic heterocycles. The van der Waals surface area contributed by atoms with E-state index in [-0.39, 0.29) is 10.8 Å². The molecule has 1 amide bonds. The number of fused-ring (bicyclic) bond motifs is 1. The van der Waals surface area contributed by atoms with Crippen LogP contribution in [0.2, 0.25) is 0 Å². The quantitative estimate of drug-likeness (QED) is 0.753. The van der Waals surface area contributed by atoms with Crippen LogP contribution in [0.3, 0.4) is 0 Å². The Morgan fingerprint density at radius 3 is 2.38 bits per heavy atom. The number of hydrogen-bond acceptors (Lipinski definition) is 4. The Morgan fingerprint density at radius 2 is 1.72 bits per heavy atom. The number of hydrogen-bond donors (Lipinski definition) is 1. The third-order valence-corrected chi connectivity index (χ3v) is 6.78. The standard InChI is InChI=1S/C22H28N2O4S/c1-16(2)14-23-22(25)17(3)28-20-8-10-21(11-9-20)29(26,27)24-13-12-18-6-4-5-7-19(18)15-24/h4-11,16-17H,12-15H2,1-3H3,(H,23,25)/t17-/m0/s1. The highest BCUT2D eigenvalue weighted by molar-refractivity contribution is 7.89. The van der Waals surface area contributed by atoms with E-state index in [1.165, 1.54) is 22.0 Å². The normalized spacial score (nSPS) is 15.6. The molecular weight excluding hydrogens is 388 g/mol. The first-order valence-corrected chi connectivity index (χ1v) is 11.3. The molecule has 0 bridgehead atoms. The first kappa shape index (κ1) is 21.3. The Morgan fingerprint density at radius 1 is 1.07 bits per heavy atom. The molecule has 2 aromatic carbocycles. The Balaban J connectivity index is 1.66. The number of benzene rings is 2. The van der Waals surface area contributed by atoms with Gasteiger partial charge < -0.3 is 10.1 Å². The minimum Gasteiger partial charge on any atom is -0.481 e. The maximum atomic E-state index is 13.0. The molecule has 3 rings (SSSR count). The first-order chi connectivity index (χ1) is 13.8. The maximum Gasteiger partial charge on any atom is 0.260 e. The minimum absolute atomic E-state index is 0.192. The second kappa shape index (κ2) is 8.97. The molecule has 1 aliphatic heterocycles. The number of carbonyl (C=O) groups excluding carboxylic acids is 1. The lowest BCUT2D eigenvalue weighted by Gasteiger charge is -2.28. The lowest BCUT2D eigenvalue weighted by Crippen LogP contribution is -2.38. The molecule has 29 heavy (non-hydrogen) atoms. The molecule has 1 atom stereocenters. The monoisotopic (exact) mass is 416 g/mol. The van der Waals surface area contributed by atoms with Crippen molar-refractivity contribution in [3.05, 3.63) is 59.7 Å². The highest BCUT2D eigenvalue weighted by Gasteiger charge is 2.28. The molecular formula is C22H28N2O4S. The summed E-state index contributed by atoms with van der Waals surface area (Å²) in [7, 11) is -3.59. The van der Waals surface area contributed by atoms with Crippen LogP contribution in [0, 0.1) is 5.92 Å². The van der Waals surface area contributed by atoms with Gasteiger partial charge in [0.25, 0.3) is 5.91 Å². The molecule has 7 heteroatoms. The Kier molecular flexibility index (Phi) is 6.59. The number of amides is 1. The van der Waals surface area contributed by atoms with Crippen molar-refractivity contribution >= 4 is 15.9 Å². The average Bonchev–Trinajstić information content (AvgIpc) is 2.71. The number of carbonyl (C=O) groups is 1. The summed E-state index contributed by atoms with van der Waals surface area (Å²) in [5.74, 6) is 0.625. The van der Waals surface area contributed by atoms with Crippen LogP contribution in [0.4, 0.5) is 0 Å². The van der Waals surface area contributed by atoms with Gasteiger partial charge in [0, 0.05) is 19.6 Å². The van der Waals surface area contributed by atoms with Crippen LogP contribution in [0.25, 0.3) is 0 Å². The molecule has 0 aliphatic carbocycles. The summed E-state index contributed by atoms with van der Waals surface area (Å²) in [6.07, 6.45) is 0.0503. The van der Waals surface area contributed by atoms with Crippen molar-refractivity contribution in [1.29, 1.82) is 0 Å². The van der Waals surface area contributed by atoms with E-state index in [0.717, 1.165) is 5.56 Å². The second-order valence-electron chi connectivity index (χ2n) is 7.73. The number of nitrogens with one attached hydrogen (secondary N) is 1. The number of nitrogens with zero attached hydrogens (tertiary/aromatic N) is 1. The Labute approximate surface area is 172 Å². The van der Waals surface area contributed by atoms with E-state index < -0.39 is 16.1 Å². The Bertz CT molecular complexity index is 955. The summed E-state index contributed by atoms with van der Waals surface area (Å²) in [5, 5.41) is 2.82. The van der Waals surface area contributed by atoms with Gasteiger partial charge in [0.05, 0.1) is 4.90 Å². The van der Waals surface area contributed by atoms with Gasteiger partial charge in [0.15, 0.2) is 6.10 Å². The summed E-state index contributed by atoms with van der Waals surface area (Å²) < 4.78 is 33.2. The molecule has 0 spiro atoms. The van der Waals surface area contributed by atoms with Gasteiger partial charge in [0.1, 0.15) is 5.75 Å². The zero-order valence-electron chi connectivity index (χ0n) is 17.1. The van der Waals surface area contributed by atoms with Gasteiger partial charge in [-0.15, -0.1) is 0 Å². The van der Waals surface area contributed by atoms with Crippen molar-refractivity contribution < 1.29 is 17.9 Å². The lowest BCUT2D eigenvalue weighted by molar-refractivity contribution is -0.127. The van der Waals surface area contributed by atoms with Crippen LogP contribution in [0.1, 0.15) is 31.9 Å². The van der Waals surface area contributed by atoms with E-state index in [4.69, 9.17) is 4.74 Å². The predicted molar refractivity (Wildman–Crippen MR) is 112 cm³/mol. The molecule has 1 aliphatic rings. The third-order valence-electron chi connectivity index (χ3n) is 4.92. The summed E-state index contributed by atoms with van der Waals surface area (Å²) >= 11 is 0. The lowest BCUT2D eigenvalue weighted by atomic mass is 10.0. The van der Waals surface area contributed by atoms with Crippen molar-refractivity contribution in [3.63, 3.8) is 0 Å². The van der Waals surface area contributed by atoms with E-state index in [2.05, 4.69) is 5.32 Å².